The van der Waals surface area contributed by atoms with Gasteiger partial charge in [0.25, 0.3) is 0 Å². The number of methoxy groups -OCH3 is 1. The molecule has 0 aliphatic rings. The summed E-state index contributed by atoms with van der Waals surface area (Å²) in [7, 11) is 3.45. The minimum absolute atomic E-state index is 0.345. The molecule has 0 atom stereocenters. The number of halogens is 3. The van der Waals surface area contributed by atoms with Crippen LogP contribution in [0.2, 0.25) is 10.0 Å². The molecular formula is C19H20BrCl2N5O2S. The van der Waals surface area contributed by atoms with Crippen LogP contribution in [0, 0.1) is 0 Å². The number of nitrogens with one attached hydrogen (secondary N) is 1. The Morgan fingerprint density at radius 1 is 1.17 bits per heavy atom. The highest BCUT2D eigenvalue weighted by atomic mass is 79.9. The third-order valence-electron chi connectivity index (χ3n) is 4.08. The lowest BCUT2D eigenvalue weighted by Gasteiger charge is -2.15. The zero-order valence-electron chi connectivity index (χ0n) is 16.4. The molecule has 0 spiro atoms. The molecule has 0 aliphatic heterocycles. The fourth-order valence-corrected chi connectivity index (χ4v) is 4.26. The minimum atomic E-state index is 0.345. The molecule has 160 valence electrons. The third kappa shape index (κ3) is 6.24. The van der Waals surface area contributed by atoms with Crippen LogP contribution in [-0.4, -0.2) is 39.6 Å². The molecule has 0 amide bonds. The smallest absolute Gasteiger partial charge is 0.209 e. The van der Waals surface area contributed by atoms with Gasteiger partial charge in [-0.1, -0.05) is 41.0 Å². The Balaban J connectivity index is 1.55. The Hall–Kier alpha value is -1.52. The van der Waals surface area contributed by atoms with Crippen molar-refractivity contribution in [2.75, 3.05) is 19.4 Å². The lowest BCUT2D eigenvalue weighted by Crippen LogP contribution is -2.17. The van der Waals surface area contributed by atoms with Crippen molar-refractivity contribution in [1.29, 1.82) is 0 Å². The normalized spacial score (nSPS) is 11.0. The van der Waals surface area contributed by atoms with Crippen molar-refractivity contribution in [3.8, 4) is 11.5 Å². The van der Waals surface area contributed by atoms with E-state index in [1.807, 2.05) is 25.2 Å². The van der Waals surface area contributed by atoms with Gasteiger partial charge in [-0.05, 0) is 61.7 Å². The van der Waals surface area contributed by atoms with Gasteiger partial charge in [0.1, 0.15) is 6.61 Å². The summed E-state index contributed by atoms with van der Waals surface area (Å²) in [5.41, 5.74) is 1.99. The second kappa shape index (κ2) is 11.2. The molecule has 0 bridgehead atoms. The van der Waals surface area contributed by atoms with Crippen molar-refractivity contribution < 1.29 is 9.47 Å². The van der Waals surface area contributed by atoms with E-state index in [1.165, 1.54) is 0 Å². The average Bonchev–Trinajstić information content (AvgIpc) is 3.13. The molecule has 1 N–H and O–H groups in total. The van der Waals surface area contributed by atoms with E-state index in [0.29, 0.717) is 34.7 Å². The van der Waals surface area contributed by atoms with Gasteiger partial charge < -0.3 is 14.8 Å². The topological polar surface area (TPSA) is 74.1 Å². The van der Waals surface area contributed by atoms with Crippen LogP contribution in [0.5, 0.6) is 11.5 Å². The Morgan fingerprint density at radius 3 is 2.70 bits per heavy atom. The number of benzene rings is 2. The molecule has 0 saturated carbocycles. The van der Waals surface area contributed by atoms with E-state index in [-0.39, 0.29) is 0 Å². The molecule has 30 heavy (non-hydrogen) atoms. The largest absolute Gasteiger partial charge is 0.493 e. The van der Waals surface area contributed by atoms with Gasteiger partial charge in [0.2, 0.25) is 5.16 Å². The molecule has 3 aromatic rings. The average molecular weight is 533 g/mol. The first-order chi connectivity index (χ1) is 14.5. The number of hydrogen-bond donors (Lipinski definition) is 1. The van der Waals surface area contributed by atoms with Gasteiger partial charge in [0.15, 0.2) is 11.5 Å². The molecule has 0 saturated heterocycles. The maximum atomic E-state index is 6.07. The van der Waals surface area contributed by atoms with Gasteiger partial charge in [-0.3, -0.25) is 0 Å². The van der Waals surface area contributed by atoms with Crippen LogP contribution in [0.3, 0.4) is 0 Å². The summed E-state index contributed by atoms with van der Waals surface area (Å²) in [6.07, 6.45) is 0. The van der Waals surface area contributed by atoms with Gasteiger partial charge in [-0.2, -0.15) is 0 Å². The monoisotopic (exact) mass is 531 g/mol. The quantitative estimate of drug-likeness (QED) is 0.298. The molecule has 11 heteroatoms. The van der Waals surface area contributed by atoms with Crippen LogP contribution >= 0.6 is 50.9 Å². The van der Waals surface area contributed by atoms with Crippen molar-refractivity contribution in [2.24, 2.45) is 7.05 Å². The summed E-state index contributed by atoms with van der Waals surface area (Å²) in [4.78, 5) is 0. The van der Waals surface area contributed by atoms with Crippen molar-refractivity contribution in [3.63, 3.8) is 0 Å². The van der Waals surface area contributed by atoms with Crippen LogP contribution in [0.25, 0.3) is 0 Å². The molecule has 0 unspecified atom stereocenters. The lowest BCUT2D eigenvalue weighted by molar-refractivity contribution is 0.282. The number of thioether (sulfide) groups is 1. The van der Waals surface area contributed by atoms with Crippen molar-refractivity contribution in [3.05, 3.63) is 56.0 Å². The van der Waals surface area contributed by atoms with Crippen molar-refractivity contribution in [1.82, 2.24) is 25.5 Å². The highest BCUT2D eigenvalue weighted by Crippen LogP contribution is 2.37. The van der Waals surface area contributed by atoms with E-state index in [2.05, 4.69) is 36.8 Å². The molecule has 1 aromatic heterocycles. The molecule has 0 fully saturated rings. The zero-order chi connectivity index (χ0) is 21.5. The van der Waals surface area contributed by atoms with E-state index in [4.69, 9.17) is 32.7 Å². The lowest BCUT2D eigenvalue weighted by atomic mass is 10.2. The van der Waals surface area contributed by atoms with E-state index >= 15 is 0 Å². The van der Waals surface area contributed by atoms with Crippen LogP contribution in [0.4, 0.5) is 0 Å². The molecular weight excluding hydrogens is 513 g/mol. The molecule has 2 aromatic carbocycles. The van der Waals surface area contributed by atoms with Gasteiger partial charge in [-0.15, -0.1) is 5.10 Å². The SMILES string of the molecule is COc1cc(CNCCSc2nnnn2C)cc(Br)c1OCc1ccc(Cl)c(Cl)c1. The summed E-state index contributed by atoms with van der Waals surface area (Å²) in [6.45, 7) is 1.85. The fraction of sp³-hybridized carbons (Fsp3) is 0.316. The number of aromatic nitrogens is 4. The first-order valence-electron chi connectivity index (χ1n) is 8.97. The maximum Gasteiger partial charge on any atom is 0.209 e. The highest BCUT2D eigenvalue weighted by Gasteiger charge is 2.13. The first-order valence-corrected chi connectivity index (χ1v) is 11.5. The Bertz CT molecular complexity index is 1010. The summed E-state index contributed by atoms with van der Waals surface area (Å²) >= 11 is 17.2. The predicted molar refractivity (Wildman–Crippen MR) is 123 cm³/mol. The molecule has 0 radical (unpaired) electrons. The number of aryl methyl sites for hydroxylation is 1. The number of hydrogen-bond acceptors (Lipinski definition) is 7. The van der Waals surface area contributed by atoms with Crippen LogP contribution in [-0.2, 0) is 20.2 Å². The van der Waals surface area contributed by atoms with Crippen LogP contribution in [0.15, 0.2) is 40.0 Å². The molecule has 3 rings (SSSR count). The van der Waals surface area contributed by atoms with Crippen molar-refractivity contribution in [2.45, 2.75) is 18.3 Å². The number of nitrogens with zero attached hydrogens (tertiary/aromatic N) is 4. The first kappa shape index (κ1) is 23.1. The standard InChI is InChI=1S/C19H20BrCl2N5O2S/c1-27-19(24-25-26-27)30-6-5-23-10-13-7-14(20)18(17(9-13)28-2)29-11-12-3-4-15(21)16(22)8-12/h3-4,7-9,23H,5-6,10-11H2,1-2H3. The van der Waals surface area contributed by atoms with E-state index in [0.717, 1.165) is 33.1 Å². The highest BCUT2D eigenvalue weighted by molar-refractivity contribution is 9.10. The summed E-state index contributed by atoms with van der Waals surface area (Å²) < 4.78 is 14.0. The Labute approximate surface area is 197 Å². The Morgan fingerprint density at radius 2 is 2.00 bits per heavy atom. The van der Waals surface area contributed by atoms with E-state index in [9.17, 15) is 0 Å². The summed E-state index contributed by atoms with van der Waals surface area (Å²) in [5.74, 6) is 2.15. The van der Waals surface area contributed by atoms with Gasteiger partial charge in [-0.25, -0.2) is 4.68 Å². The molecule has 7 nitrogen and oxygen atoms in total. The van der Waals surface area contributed by atoms with Gasteiger partial charge >= 0.3 is 0 Å². The maximum absolute atomic E-state index is 6.07. The number of ether oxygens (including phenoxy) is 2. The second-order valence-corrected chi connectivity index (χ2v) is 8.99. The van der Waals surface area contributed by atoms with E-state index in [1.54, 1.807) is 35.7 Å². The zero-order valence-corrected chi connectivity index (χ0v) is 20.3. The molecule has 0 aliphatic carbocycles. The van der Waals surface area contributed by atoms with Crippen LogP contribution in [0.1, 0.15) is 11.1 Å². The fourth-order valence-electron chi connectivity index (χ4n) is 2.59. The third-order valence-corrected chi connectivity index (χ3v) is 6.42. The Kier molecular flexibility index (Phi) is 8.64. The summed E-state index contributed by atoms with van der Waals surface area (Å²) in [5, 5.41) is 16.6. The number of rotatable bonds is 10. The predicted octanol–water partition coefficient (Wildman–Crippen LogP) is 4.75. The van der Waals surface area contributed by atoms with Crippen molar-refractivity contribution >= 4 is 50.9 Å². The van der Waals surface area contributed by atoms with E-state index < -0.39 is 0 Å². The minimum Gasteiger partial charge on any atom is -0.493 e. The number of tetrazole rings is 1. The second-order valence-electron chi connectivity index (χ2n) is 6.26. The van der Waals surface area contributed by atoms with Gasteiger partial charge in [0, 0.05) is 25.9 Å². The summed E-state index contributed by atoms with van der Waals surface area (Å²) in [6, 6.07) is 9.39. The van der Waals surface area contributed by atoms with Crippen LogP contribution < -0.4 is 14.8 Å². The molecule has 1 heterocycles. The van der Waals surface area contributed by atoms with Gasteiger partial charge in [0.05, 0.1) is 21.6 Å².